The fourth-order valence-corrected chi connectivity index (χ4v) is 3.23. The van der Waals surface area contributed by atoms with Crippen molar-refractivity contribution in [3.05, 3.63) is 106 Å². The third-order valence-electron chi connectivity index (χ3n) is 4.78. The van der Waals surface area contributed by atoms with Crippen molar-refractivity contribution in [1.29, 1.82) is 0 Å². The Hall–Kier alpha value is -4.50. The zero-order valence-electron chi connectivity index (χ0n) is 19.3. The van der Waals surface area contributed by atoms with Crippen LogP contribution in [0.1, 0.15) is 18.2 Å². The van der Waals surface area contributed by atoms with Crippen molar-refractivity contribution in [2.24, 2.45) is 0 Å². The molecule has 9 nitrogen and oxygen atoms in total. The van der Waals surface area contributed by atoms with Crippen LogP contribution in [0.3, 0.4) is 0 Å². The summed E-state index contributed by atoms with van der Waals surface area (Å²) in [6.45, 7) is 2.22. The van der Waals surface area contributed by atoms with Gasteiger partial charge in [0, 0.05) is 29.0 Å². The Labute approximate surface area is 212 Å². The topological polar surface area (TPSA) is 108 Å². The molecule has 0 bridgehead atoms. The molecule has 0 amide bonds. The maximum atomic E-state index is 12.6. The second-order valence-electron chi connectivity index (χ2n) is 7.41. The lowest BCUT2D eigenvalue weighted by molar-refractivity contribution is -0.137. The van der Waals surface area contributed by atoms with Crippen LogP contribution in [-0.4, -0.2) is 32.3 Å². The quantitative estimate of drug-likeness (QED) is 0.255. The standard InChI is InChI=1S/C26H22ClN5O4/c1-2-35-24(33)15-14-22-25(34)30-26(32(31-22)17-18-6-8-19(27)9-7-18)29-20-10-12-21(13-11-20)36-23-5-3-4-16-28-23/h3-16H,2,17H2,1H3,(H,29,30,34)/b15-14+. The van der Waals surface area contributed by atoms with Gasteiger partial charge in [0.05, 0.1) is 13.2 Å². The van der Waals surface area contributed by atoms with Gasteiger partial charge in [-0.25, -0.2) is 14.5 Å². The van der Waals surface area contributed by atoms with Gasteiger partial charge in [-0.1, -0.05) is 29.8 Å². The first kappa shape index (κ1) is 24.6. The molecule has 36 heavy (non-hydrogen) atoms. The number of anilines is 2. The van der Waals surface area contributed by atoms with Gasteiger partial charge >= 0.3 is 11.5 Å². The van der Waals surface area contributed by atoms with Crippen molar-refractivity contribution in [3.8, 4) is 11.6 Å². The van der Waals surface area contributed by atoms with E-state index < -0.39 is 11.5 Å². The molecular formula is C26H22ClN5O4. The Morgan fingerprint density at radius 2 is 1.86 bits per heavy atom. The van der Waals surface area contributed by atoms with Crippen LogP contribution in [0.15, 0.2) is 83.8 Å². The molecule has 0 fully saturated rings. The minimum Gasteiger partial charge on any atom is -0.463 e. The normalized spacial score (nSPS) is 10.8. The Kier molecular flexibility index (Phi) is 8.05. The number of rotatable bonds is 9. The highest BCUT2D eigenvalue weighted by molar-refractivity contribution is 6.30. The van der Waals surface area contributed by atoms with E-state index in [0.29, 0.717) is 28.9 Å². The fraction of sp³-hybridized carbons (Fsp3) is 0.115. The zero-order valence-corrected chi connectivity index (χ0v) is 20.1. The van der Waals surface area contributed by atoms with Gasteiger partial charge in [0.1, 0.15) is 5.75 Å². The van der Waals surface area contributed by atoms with Crippen molar-refractivity contribution in [2.75, 3.05) is 11.9 Å². The van der Waals surface area contributed by atoms with Crippen LogP contribution < -0.4 is 15.6 Å². The third-order valence-corrected chi connectivity index (χ3v) is 5.03. The summed E-state index contributed by atoms with van der Waals surface area (Å²) in [5, 5.41) is 8.14. The van der Waals surface area contributed by atoms with Gasteiger partial charge in [-0.15, -0.1) is 0 Å². The molecule has 0 unspecified atom stereocenters. The summed E-state index contributed by atoms with van der Waals surface area (Å²) in [6, 6.07) is 19.7. The van der Waals surface area contributed by atoms with Crippen LogP contribution in [0.4, 0.5) is 11.6 Å². The van der Waals surface area contributed by atoms with E-state index in [1.54, 1.807) is 55.6 Å². The highest BCUT2D eigenvalue weighted by Crippen LogP contribution is 2.23. The van der Waals surface area contributed by atoms with Crippen molar-refractivity contribution in [2.45, 2.75) is 13.5 Å². The number of esters is 1. The van der Waals surface area contributed by atoms with Crippen molar-refractivity contribution in [3.63, 3.8) is 0 Å². The van der Waals surface area contributed by atoms with Crippen LogP contribution in [0.2, 0.25) is 5.02 Å². The predicted molar refractivity (Wildman–Crippen MR) is 137 cm³/mol. The Morgan fingerprint density at radius 3 is 2.56 bits per heavy atom. The summed E-state index contributed by atoms with van der Waals surface area (Å²) in [6.07, 6.45) is 4.09. The lowest BCUT2D eigenvalue weighted by Gasteiger charge is -2.14. The van der Waals surface area contributed by atoms with E-state index in [0.717, 1.165) is 11.6 Å². The molecule has 2 aromatic carbocycles. The molecule has 2 heterocycles. The van der Waals surface area contributed by atoms with Gasteiger partial charge in [-0.05, 0) is 61.0 Å². The highest BCUT2D eigenvalue weighted by Gasteiger charge is 2.11. The Balaban J connectivity index is 1.60. The molecule has 2 aromatic heterocycles. The molecule has 0 aliphatic rings. The first-order valence-electron chi connectivity index (χ1n) is 11.0. The maximum Gasteiger partial charge on any atom is 0.330 e. The number of hydrogen-bond acceptors (Lipinski definition) is 8. The number of pyridine rings is 1. The second-order valence-corrected chi connectivity index (χ2v) is 7.85. The third kappa shape index (κ3) is 6.77. The number of nitrogens with zero attached hydrogens (tertiary/aromatic N) is 4. The number of halogens is 1. The Morgan fingerprint density at radius 1 is 1.08 bits per heavy atom. The average Bonchev–Trinajstić information content (AvgIpc) is 2.88. The van der Waals surface area contributed by atoms with Crippen molar-refractivity contribution >= 4 is 35.3 Å². The lowest BCUT2D eigenvalue weighted by atomic mass is 10.2. The number of aromatic nitrogens is 4. The number of nitrogens with one attached hydrogen (secondary N) is 1. The Bertz CT molecular complexity index is 1410. The van der Waals surface area contributed by atoms with Crippen molar-refractivity contribution < 1.29 is 14.3 Å². The van der Waals surface area contributed by atoms with Crippen LogP contribution in [0, 0.1) is 0 Å². The van der Waals surface area contributed by atoms with E-state index >= 15 is 0 Å². The van der Waals surface area contributed by atoms with E-state index in [1.165, 1.54) is 10.8 Å². The SMILES string of the molecule is CCOC(=O)/C=C/c1nn(Cc2ccc(Cl)cc2)c(Nc2ccc(Oc3ccccn3)cc2)nc1=O. The van der Waals surface area contributed by atoms with Gasteiger partial charge in [0.2, 0.25) is 11.8 Å². The molecule has 0 saturated heterocycles. The molecule has 0 saturated carbocycles. The first-order chi connectivity index (χ1) is 17.5. The van der Waals surface area contributed by atoms with Gasteiger partial charge in [-0.2, -0.15) is 10.1 Å². The van der Waals surface area contributed by atoms with Crippen LogP contribution >= 0.6 is 11.6 Å². The fourth-order valence-electron chi connectivity index (χ4n) is 3.10. The van der Waals surface area contributed by atoms with E-state index in [-0.39, 0.29) is 18.2 Å². The first-order valence-corrected chi connectivity index (χ1v) is 11.4. The summed E-state index contributed by atoms with van der Waals surface area (Å²) in [4.78, 5) is 32.6. The van der Waals surface area contributed by atoms with Crippen LogP contribution in [0.25, 0.3) is 6.08 Å². The van der Waals surface area contributed by atoms with E-state index in [9.17, 15) is 9.59 Å². The van der Waals surface area contributed by atoms with E-state index in [1.807, 2.05) is 24.3 Å². The van der Waals surface area contributed by atoms with Gasteiger partial charge in [0.15, 0.2) is 5.69 Å². The van der Waals surface area contributed by atoms with Gasteiger partial charge in [0.25, 0.3) is 0 Å². The number of benzene rings is 2. The molecule has 182 valence electrons. The molecule has 0 aliphatic carbocycles. The number of carbonyl (C=O) groups excluding carboxylic acids is 1. The molecule has 4 rings (SSSR count). The molecule has 0 aliphatic heterocycles. The average molecular weight is 504 g/mol. The largest absolute Gasteiger partial charge is 0.463 e. The zero-order chi connectivity index (χ0) is 25.3. The molecule has 0 spiro atoms. The maximum absolute atomic E-state index is 12.6. The second kappa shape index (κ2) is 11.8. The van der Waals surface area contributed by atoms with Gasteiger partial charge in [-0.3, -0.25) is 4.79 Å². The van der Waals surface area contributed by atoms with Crippen LogP contribution in [-0.2, 0) is 16.1 Å². The summed E-state index contributed by atoms with van der Waals surface area (Å²) in [7, 11) is 0. The summed E-state index contributed by atoms with van der Waals surface area (Å²) < 4.78 is 12.1. The van der Waals surface area contributed by atoms with E-state index in [2.05, 4.69) is 20.4 Å². The number of carbonyl (C=O) groups is 1. The molecular weight excluding hydrogens is 482 g/mol. The highest BCUT2D eigenvalue weighted by atomic mass is 35.5. The minimum atomic E-state index is -0.597. The summed E-state index contributed by atoms with van der Waals surface area (Å²) in [5.41, 5.74) is 0.957. The molecule has 1 N–H and O–H groups in total. The van der Waals surface area contributed by atoms with Gasteiger partial charge < -0.3 is 14.8 Å². The molecule has 0 radical (unpaired) electrons. The monoisotopic (exact) mass is 503 g/mol. The predicted octanol–water partition coefficient (Wildman–Crippen LogP) is 4.85. The lowest BCUT2D eigenvalue weighted by Crippen LogP contribution is -2.23. The molecule has 4 aromatic rings. The number of ether oxygens (including phenoxy) is 2. The minimum absolute atomic E-state index is 0.00155. The smallest absolute Gasteiger partial charge is 0.330 e. The number of hydrogen-bond donors (Lipinski definition) is 1. The summed E-state index contributed by atoms with van der Waals surface area (Å²) in [5.74, 6) is 0.732. The van der Waals surface area contributed by atoms with Crippen molar-refractivity contribution in [1.82, 2.24) is 19.7 Å². The van der Waals surface area contributed by atoms with E-state index in [4.69, 9.17) is 21.1 Å². The molecule has 0 atom stereocenters. The summed E-state index contributed by atoms with van der Waals surface area (Å²) >= 11 is 6.00. The van der Waals surface area contributed by atoms with Crippen LogP contribution in [0.5, 0.6) is 11.6 Å². The molecule has 10 heteroatoms.